The summed E-state index contributed by atoms with van der Waals surface area (Å²) in [5.74, 6) is 0. The summed E-state index contributed by atoms with van der Waals surface area (Å²) in [4.78, 5) is 2.49. The van der Waals surface area contributed by atoms with E-state index in [0.717, 1.165) is 6.54 Å². The molecule has 1 aliphatic rings. The van der Waals surface area contributed by atoms with Crippen molar-refractivity contribution in [2.45, 2.75) is 32.2 Å². The van der Waals surface area contributed by atoms with Crippen LogP contribution < -0.4 is 5.73 Å². The van der Waals surface area contributed by atoms with E-state index < -0.39 is 0 Å². The second kappa shape index (κ2) is 3.94. The van der Waals surface area contributed by atoms with Crippen molar-refractivity contribution in [1.82, 2.24) is 4.90 Å². The minimum Gasteiger partial charge on any atom is -0.329 e. The summed E-state index contributed by atoms with van der Waals surface area (Å²) < 4.78 is 0. The Kier molecular flexibility index (Phi) is 3.16. The predicted octanol–water partition coefficient (Wildman–Crippen LogP) is 0.820. The third-order valence-electron chi connectivity index (χ3n) is 2.30. The molecule has 0 amide bonds. The lowest BCUT2D eigenvalue weighted by Crippen LogP contribution is -2.48. The van der Waals surface area contributed by atoms with Crippen molar-refractivity contribution in [1.29, 1.82) is 0 Å². The van der Waals surface area contributed by atoms with Crippen molar-refractivity contribution >= 4 is 0 Å². The monoisotopic (exact) mass is 142 g/mol. The van der Waals surface area contributed by atoms with Gasteiger partial charge < -0.3 is 5.73 Å². The molecule has 0 saturated carbocycles. The van der Waals surface area contributed by atoms with Crippen LogP contribution >= 0.6 is 0 Å². The van der Waals surface area contributed by atoms with Crippen LogP contribution in [0.5, 0.6) is 0 Å². The summed E-state index contributed by atoms with van der Waals surface area (Å²) >= 11 is 0. The maximum atomic E-state index is 5.63. The van der Waals surface area contributed by atoms with Crippen LogP contribution in [0.15, 0.2) is 0 Å². The van der Waals surface area contributed by atoms with Crippen LogP contribution in [0.3, 0.4) is 0 Å². The Morgan fingerprint density at radius 2 is 2.20 bits per heavy atom. The molecule has 1 saturated heterocycles. The van der Waals surface area contributed by atoms with E-state index in [1.807, 2.05) is 0 Å². The first-order valence-electron chi connectivity index (χ1n) is 4.32. The topological polar surface area (TPSA) is 29.3 Å². The molecule has 0 bridgehead atoms. The van der Waals surface area contributed by atoms with Crippen LogP contribution in [0.1, 0.15) is 26.2 Å². The van der Waals surface area contributed by atoms with E-state index in [-0.39, 0.29) is 0 Å². The molecule has 1 heterocycles. The van der Waals surface area contributed by atoms with Crippen molar-refractivity contribution in [2.24, 2.45) is 5.73 Å². The number of hydrogen-bond acceptors (Lipinski definition) is 2. The molecule has 1 unspecified atom stereocenters. The smallest absolute Gasteiger partial charge is 0.0218 e. The van der Waals surface area contributed by atoms with Crippen molar-refractivity contribution in [3.8, 4) is 0 Å². The molecule has 1 atom stereocenters. The highest BCUT2D eigenvalue weighted by atomic mass is 15.2. The van der Waals surface area contributed by atoms with Crippen molar-refractivity contribution < 1.29 is 0 Å². The molecular formula is C8H18N2. The van der Waals surface area contributed by atoms with Gasteiger partial charge in [-0.2, -0.15) is 0 Å². The van der Waals surface area contributed by atoms with E-state index in [4.69, 9.17) is 5.73 Å². The van der Waals surface area contributed by atoms with E-state index in [2.05, 4.69) is 11.8 Å². The fourth-order valence-corrected chi connectivity index (χ4v) is 1.49. The highest BCUT2D eigenvalue weighted by Crippen LogP contribution is 2.13. The van der Waals surface area contributed by atoms with Gasteiger partial charge in [-0.1, -0.05) is 13.3 Å². The van der Waals surface area contributed by atoms with E-state index in [0.29, 0.717) is 6.04 Å². The number of nitrogens with two attached hydrogens (primary N) is 1. The van der Waals surface area contributed by atoms with Gasteiger partial charge in [-0.3, -0.25) is 4.90 Å². The molecular weight excluding hydrogens is 124 g/mol. The lowest BCUT2D eigenvalue weighted by atomic mass is 10.1. The second-order valence-corrected chi connectivity index (χ2v) is 3.07. The molecule has 1 fully saturated rings. The fourth-order valence-electron chi connectivity index (χ4n) is 1.49. The summed E-state index contributed by atoms with van der Waals surface area (Å²) in [6.45, 7) is 5.63. The molecule has 0 aliphatic carbocycles. The fraction of sp³-hybridized carbons (Fsp3) is 1.00. The van der Waals surface area contributed by atoms with Crippen molar-refractivity contribution in [3.05, 3.63) is 0 Å². The average molecular weight is 142 g/mol. The minimum atomic E-state index is 0.679. The molecule has 0 aromatic heterocycles. The Morgan fingerprint density at radius 1 is 1.50 bits per heavy atom. The summed E-state index contributed by atoms with van der Waals surface area (Å²) in [6.07, 6.45) is 3.91. The van der Waals surface area contributed by atoms with E-state index in [1.165, 1.54) is 32.4 Å². The first-order chi connectivity index (χ1) is 4.88. The molecule has 2 nitrogen and oxygen atoms in total. The molecule has 2 heteroatoms. The summed E-state index contributed by atoms with van der Waals surface area (Å²) in [6, 6.07) is 0.679. The first kappa shape index (κ1) is 8.02. The highest BCUT2D eigenvalue weighted by molar-refractivity contribution is 4.78. The molecule has 0 spiro atoms. The average Bonchev–Trinajstić information content (AvgIpc) is 1.83. The Balaban J connectivity index is 2.17. The largest absolute Gasteiger partial charge is 0.329 e. The Morgan fingerprint density at radius 3 is 2.50 bits per heavy atom. The number of nitrogens with zero attached hydrogens (tertiary/aromatic N) is 1. The Bertz CT molecular complexity index is 89.3. The van der Waals surface area contributed by atoms with Crippen LogP contribution in [0.25, 0.3) is 0 Å². The maximum Gasteiger partial charge on any atom is 0.0218 e. The van der Waals surface area contributed by atoms with Gasteiger partial charge in [0, 0.05) is 12.6 Å². The summed E-state index contributed by atoms with van der Waals surface area (Å²) in [5.41, 5.74) is 5.63. The Labute approximate surface area is 63.4 Å². The molecule has 10 heavy (non-hydrogen) atoms. The van der Waals surface area contributed by atoms with E-state index >= 15 is 0 Å². The quantitative estimate of drug-likeness (QED) is 0.629. The lowest BCUT2D eigenvalue weighted by Gasteiger charge is -2.37. The van der Waals surface area contributed by atoms with Gasteiger partial charge in [-0.05, 0) is 25.9 Å². The Hall–Kier alpha value is -0.0800. The van der Waals surface area contributed by atoms with Gasteiger partial charge >= 0.3 is 0 Å². The van der Waals surface area contributed by atoms with E-state index in [9.17, 15) is 0 Å². The molecule has 1 rings (SSSR count). The SMILES string of the molecule is CCCC(CN)N1CCC1. The number of hydrogen-bond donors (Lipinski definition) is 1. The lowest BCUT2D eigenvalue weighted by molar-refractivity contribution is 0.115. The normalized spacial score (nSPS) is 22.2. The highest BCUT2D eigenvalue weighted by Gasteiger charge is 2.21. The van der Waals surface area contributed by atoms with Crippen LogP contribution in [-0.2, 0) is 0 Å². The van der Waals surface area contributed by atoms with Crippen LogP contribution in [0.4, 0.5) is 0 Å². The molecule has 1 aliphatic heterocycles. The van der Waals surface area contributed by atoms with Gasteiger partial charge in [0.2, 0.25) is 0 Å². The minimum absolute atomic E-state index is 0.679. The van der Waals surface area contributed by atoms with Gasteiger partial charge in [-0.25, -0.2) is 0 Å². The first-order valence-corrected chi connectivity index (χ1v) is 4.32. The molecule has 0 aromatic rings. The maximum absolute atomic E-state index is 5.63. The van der Waals surface area contributed by atoms with Crippen LogP contribution in [-0.4, -0.2) is 30.6 Å². The number of rotatable bonds is 4. The molecule has 0 radical (unpaired) electrons. The zero-order chi connectivity index (χ0) is 7.40. The van der Waals surface area contributed by atoms with Gasteiger partial charge in [0.15, 0.2) is 0 Å². The van der Waals surface area contributed by atoms with Gasteiger partial charge in [0.1, 0.15) is 0 Å². The summed E-state index contributed by atoms with van der Waals surface area (Å²) in [5, 5.41) is 0. The number of likely N-dealkylation sites (tertiary alicyclic amines) is 1. The molecule has 0 aromatic carbocycles. The van der Waals surface area contributed by atoms with Crippen LogP contribution in [0, 0.1) is 0 Å². The van der Waals surface area contributed by atoms with E-state index in [1.54, 1.807) is 0 Å². The van der Waals surface area contributed by atoms with Crippen LogP contribution in [0.2, 0.25) is 0 Å². The zero-order valence-corrected chi connectivity index (χ0v) is 6.84. The van der Waals surface area contributed by atoms with Gasteiger partial charge in [-0.15, -0.1) is 0 Å². The second-order valence-electron chi connectivity index (χ2n) is 3.07. The van der Waals surface area contributed by atoms with Gasteiger partial charge in [0.25, 0.3) is 0 Å². The zero-order valence-electron chi connectivity index (χ0n) is 6.84. The molecule has 2 N–H and O–H groups in total. The standard InChI is InChI=1S/C8H18N2/c1-2-4-8(7-9)10-5-3-6-10/h8H,2-7,9H2,1H3. The summed E-state index contributed by atoms with van der Waals surface area (Å²) in [7, 11) is 0. The third-order valence-corrected chi connectivity index (χ3v) is 2.30. The van der Waals surface area contributed by atoms with Gasteiger partial charge in [0.05, 0.1) is 0 Å². The predicted molar refractivity (Wildman–Crippen MR) is 43.9 cm³/mol. The van der Waals surface area contributed by atoms with Crippen molar-refractivity contribution in [2.75, 3.05) is 19.6 Å². The molecule has 60 valence electrons. The third kappa shape index (κ3) is 1.70. The van der Waals surface area contributed by atoms with Crippen molar-refractivity contribution in [3.63, 3.8) is 0 Å².